The third-order valence-electron chi connectivity index (χ3n) is 3.34. The highest BCUT2D eigenvalue weighted by atomic mass is 16.5. The number of nitrogens with zero attached hydrogens (tertiary/aromatic N) is 1. The van der Waals surface area contributed by atoms with E-state index in [1.807, 2.05) is 11.8 Å². The molecule has 0 bridgehead atoms. The van der Waals surface area contributed by atoms with Crippen molar-refractivity contribution in [3.8, 4) is 0 Å². The molecule has 106 valence electrons. The lowest BCUT2D eigenvalue weighted by atomic mass is 10.0. The molecule has 1 aliphatic heterocycles. The van der Waals surface area contributed by atoms with E-state index < -0.39 is 0 Å². The van der Waals surface area contributed by atoms with E-state index >= 15 is 0 Å². The number of hydrogen-bond acceptors (Lipinski definition) is 3. The third-order valence-corrected chi connectivity index (χ3v) is 3.34. The van der Waals surface area contributed by atoms with Gasteiger partial charge in [-0.3, -0.25) is 4.79 Å². The first-order valence-electron chi connectivity index (χ1n) is 7.39. The zero-order valence-corrected chi connectivity index (χ0v) is 11.9. The molecule has 18 heavy (non-hydrogen) atoms. The molecule has 0 saturated carbocycles. The van der Waals surface area contributed by atoms with Crippen molar-refractivity contribution in [2.45, 2.75) is 52.0 Å². The molecule has 1 atom stereocenters. The summed E-state index contributed by atoms with van der Waals surface area (Å²) in [5, 5.41) is 3.26. The lowest BCUT2D eigenvalue weighted by Gasteiger charge is -2.32. The van der Waals surface area contributed by atoms with Crippen molar-refractivity contribution in [1.82, 2.24) is 10.2 Å². The SMILES string of the molecule is CCCCOCCCN1CCCC(NCC)C1=O. The fourth-order valence-corrected chi connectivity index (χ4v) is 2.30. The van der Waals surface area contributed by atoms with Crippen molar-refractivity contribution in [1.29, 1.82) is 0 Å². The van der Waals surface area contributed by atoms with E-state index in [9.17, 15) is 4.79 Å². The Morgan fingerprint density at radius 2 is 2.11 bits per heavy atom. The van der Waals surface area contributed by atoms with Crippen molar-refractivity contribution >= 4 is 5.91 Å². The molecular formula is C14H28N2O2. The maximum atomic E-state index is 12.1. The van der Waals surface area contributed by atoms with Crippen LogP contribution in [0.2, 0.25) is 0 Å². The minimum absolute atomic E-state index is 0.0461. The zero-order chi connectivity index (χ0) is 13.2. The van der Waals surface area contributed by atoms with Gasteiger partial charge in [0.25, 0.3) is 0 Å². The Balaban J connectivity index is 2.14. The number of ether oxygens (including phenoxy) is 1. The summed E-state index contributed by atoms with van der Waals surface area (Å²) in [5.74, 6) is 0.275. The highest BCUT2D eigenvalue weighted by Gasteiger charge is 2.27. The van der Waals surface area contributed by atoms with Gasteiger partial charge in [0.15, 0.2) is 0 Å². The average molecular weight is 256 g/mol. The Morgan fingerprint density at radius 1 is 1.33 bits per heavy atom. The molecule has 0 aromatic rings. The Kier molecular flexibility index (Phi) is 8.01. The normalized spacial score (nSPS) is 20.4. The van der Waals surface area contributed by atoms with E-state index in [4.69, 9.17) is 4.74 Å². The summed E-state index contributed by atoms with van der Waals surface area (Å²) in [6, 6.07) is 0.0461. The van der Waals surface area contributed by atoms with Gasteiger partial charge in [0.1, 0.15) is 0 Å². The fraction of sp³-hybridized carbons (Fsp3) is 0.929. The van der Waals surface area contributed by atoms with Crippen molar-refractivity contribution in [3.05, 3.63) is 0 Å². The van der Waals surface area contributed by atoms with Crippen LogP contribution >= 0.6 is 0 Å². The number of nitrogens with one attached hydrogen (secondary N) is 1. The minimum atomic E-state index is 0.0461. The number of carbonyl (C=O) groups is 1. The van der Waals surface area contributed by atoms with Gasteiger partial charge in [-0.25, -0.2) is 0 Å². The van der Waals surface area contributed by atoms with Crippen molar-refractivity contribution in [3.63, 3.8) is 0 Å². The van der Waals surface area contributed by atoms with Crippen LogP contribution in [-0.2, 0) is 9.53 Å². The highest BCUT2D eigenvalue weighted by molar-refractivity contribution is 5.82. The molecule has 1 heterocycles. The Hall–Kier alpha value is -0.610. The summed E-state index contributed by atoms with van der Waals surface area (Å²) >= 11 is 0. The standard InChI is InChI=1S/C14H28N2O2/c1-3-5-11-18-12-7-10-16-9-6-8-13(14(16)17)15-4-2/h13,15H,3-12H2,1-2H3. The third kappa shape index (κ3) is 5.36. The van der Waals surface area contributed by atoms with E-state index in [-0.39, 0.29) is 11.9 Å². The fourth-order valence-electron chi connectivity index (χ4n) is 2.30. The quantitative estimate of drug-likeness (QED) is 0.640. The zero-order valence-electron chi connectivity index (χ0n) is 11.9. The number of amides is 1. The lowest BCUT2D eigenvalue weighted by molar-refractivity contribution is -0.136. The number of rotatable bonds is 9. The predicted molar refractivity (Wildman–Crippen MR) is 73.6 cm³/mol. The molecule has 1 aliphatic rings. The second-order valence-corrected chi connectivity index (χ2v) is 4.90. The number of hydrogen-bond donors (Lipinski definition) is 1. The van der Waals surface area contributed by atoms with Crippen LogP contribution in [0.15, 0.2) is 0 Å². The molecule has 1 N–H and O–H groups in total. The van der Waals surface area contributed by atoms with E-state index in [0.29, 0.717) is 0 Å². The molecular weight excluding hydrogens is 228 g/mol. The highest BCUT2D eigenvalue weighted by Crippen LogP contribution is 2.12. The van der Waals surface area contributed by atoms with Crippen LogP contribution in [0.3, 0.4) is 0 Å². The summed E-state index contributed by atoms with van der Waals surface area (Å²) < 4.78 is 5.52. The van der Waals surface area contributed by atoms with Gasteiger partial charge in [0.05, 0.1) is 6.04 Å². The van der Waals surface area contributed by atoms with E-state index in [2.05, 4.69) is 12.2 Å². The summed E-state index contributed by atoms with van der Waals surface area (Å²) in [5.41, 5.74) is 0. The molecule has 1 amide bonds. The molecule has 0 aromatic carbocycles. The maximum Gasteiger partial charge on any atom is 0.239 e. The van der Waals surface area contributed by atoms with E-state index in [1.165, 1.54) is 6.42 Å². The Labute approximate surface area is 111 Å². The number of likely N-dealkylation sites (tertiary alicyclic amines) is 1. The van der Waals surface area contributed by atoms with Gasteiger partial charge >= 0.3 is 0 Å². The van der Waals surface area contributed by atoms with Crippen LogP contribution in [-0.4, -0.2) is 49.7 Å². The molecule has 1 rings (SSSR count). The predicted octanol–water partition coefficient (Wildman–Crippen LogP) is 1.79. The Bertz CT molecular complexity index is 232. The molecule has 4 nitrogen and oxygen atoms in total. The number of likely N-dealkylation sites (N-methyl/N-ethyl adjacent to an activating group) is 1. The largest absolute Gasteiger partial charge is 0.381 e. The second-order valence-electron chi connectivity index (χ2n) is 4.90. The molecule has 4 heteroatoms. The van der Waals surface area contributed by atoms with Crippen LogP contribution < -0.4 is 5.32 Å². The van der Waals surface area contributed by atoms with Crippen LogP contribution in [0.25, 0.3) is 0 Å². The van der Waals surface area contributed by atoms with Gasteiger partial charge in [-0.15, -0.1) is 0 Å². The second kappa shape index (κ2) is 9.34. The summed E-state index contributed by atoms with van der Waals surface area (Å²) in [6.07, 6.45) is 5.35. The molecule has 1 unspecified atom stereocenters. The van der Waals surface area contributed by atoms with Gasteiger partial charge in [0, 0.05) is 26.3 Å². The molecule has 1 saturated heterocycles. The van der Waals surface area contributed by atoms with E-state index in [1.54, 1.807) is 0 Å². The van der Waals surface area contributed by atoms with Crippen LogP contribution in [0, 0.1) is 0 Å². The first-order valence-corrected chi connectivity index (χ1v) is 7.39. The maximum absolute atomic E-state index is 12.1. The topological polar surface area (TPSA) is 41.6 Å². The van der Waals surface area contributed by atoms with Gasteiger partial charge < -0.3 is 15.0 Å². The van der Waals surface area contributed by atoms with Crippen molar-refractivity contribution in [2.24, 2.45) is 0 Å². The smallest absolute Gasteiger partial charge is 0.239 e. The van der Waals surface area contributed by atoms with Crippen molar-refractivity contribution in [2.75, 3.05) is 32.8 Å². The molecule has 1 fully saturated rings. The molecule has 0 aromatic heterocycles. The van der Waals surface area contributed by atoms with Gasteiger partial charge in [0.2, 0.25) is 5.91 Å². The lowest BCUT2D eigenvalue weighted by Crippen LogP contribution is -2.50. The van der Waals surface area contributed by atoms with Gasteiger partial charge in [-0.2, -0.15) is 0 Å². The number of unbranched alkanes of at least 4 members (excludes halogenated alkanes) is 1. The summed E-state index contributed by atoms with van der Waals surface area (Å²) in [6.45, 7) is 8.46. The van der Waals surface area contributed by atoms with Crippen LogP contribution in [0.4, 0.5) is 0 Å². The first kappa shape index (κ1) is 15.4. The van der Waals surface area contributed by atoms with Gasteiger partial charge in [-0.05, 0) is 32.2 Å². The average Bonchev–Trinajstić information content (AvgIpc) is 2.38. The summed E-state index contributed by atoms with van der Waals surface area (Å²) in [4.78, 5) is 14.1. The molecule has 0 spiro atoms. The summed E-state index contributed by atoms with van der Waals surface area (Å²) in [7, 11) is 0. The van der Waals surface area contributed by atoms with E-state index in [0.717, 1.165) is 58.5 Å². The van der Waals surface area contributed by atoms with Crippen LogP contribution in [0.5, 0.6) is 0 Å². The molecule has 0 radical (unpaired) electrons. The van der Waals surface area contributed by atoms with Gasteiger partial charge in [-0.1, -0.05) is 20.3 Å². The molecule has 0 aliphatic carbocycles. The first-order chi connectivity index (χ1) is 8.79. The van der Waals surface area contributed by atoms with Crippen molar-refractivity contribution < 1.29 is 9.53 Å². The van der Waals surface area contributed by atoms with Crippen LogP contribution in [0.1, 0.15) is 46.0 Å². The minimum Gasteiger partial charge on any atom is -0.381 e. The number of piperidine rings is 1. The monoisotopic (exact) mass is 256 g/mol. The number of carbonyl (C=O) groups excluding carboxylic acids is 1. The Morgan fingerprint density at radius 3 is 2.83 bits per heavy atom.